The van der Waals surface area contributed by atoms with Gasteiger partial charge in [-0.25, -0.2) is 4.79 Å². The predicted octanol–water partition coefficient (Wildman–Crippen LogP) is 1.52. The normalized spacial score (nSPS) is 15.9. The maximum Gasteiger partial charge on any atom is 0.339 e. The van der Waals surface area contributed by atoms with Crippen LogP contribution in [0.4, 0.5) is 0 Å². The van der Waals surface area contributed by atoms with E-state index in [4.69, 9.17) is 15.3 Å². The number of rotatable bonds is 6. The van der Waals surface area contributed by atoms with Crippen molar-refractivity contribution in [3.05, 3.63) is 23.2 Å². The molecule has 1 aliphatic rings. The summed E-state index contributed by atoms with van der Waals surface area (Å²) in [6, 6.07) is 1.85. The first kappa shape index (κ1) is 14.6. The van der Waals surface area contributed by atoms with Crippen molar-refractivity contribution in [3.8, 4) is 0 Å². The first-order valence-electron chi connectivity index (χ1n) is 6.82. The summed E-state index contributed by atoms with van der Waals surface area (Å²) in [6.07, 6.45) is 4.38. The van der Waals surface area contributed by atoms with Crippen molar-refractivity contribution in [2.24, 2.45) is 5.73 Å². The monoisotopic (exact) mass is 280 g/mol. The number of aromatic carboxylic acids is 1. The third-order valence-corrected chi connectivity index (χ3v) is 3.76. The number of nitrogens with two attached hydrogens (primary N) is 1. The number of carboxylic acids is 1. The lowest BCUT2D eigenvalue weighted by Gasteiger charge is -2.26. The molecule has 6 nitrogen and oxygen atoms in total. The fourth-order valence-corrected chi connectivity index (χ4v) is 2.82. The molecule has 1 saturated carbocycles. The Morgan fingerprint density at radius 3 is 2.60 bits per heavy atom. The summed E-state index contributed by atoms with van der Waals surface area (Å²) in [4.78, 5) is 24.2. The Bertz CT molecular complexity index is 503. The number of carbonyl (C=O) groups excluding carboxylic acids is 1. The van der Waals surface area contributed by atoms with Crippen LogP contribution in [0.5, 0.6) is 0 Å². The van der Waals surface area contributed by atoms with E-state index in [0.29, 0.717) is 24.1 Å². The van der Waals surface area contributed by atoms with Gasteiger partial charge in [0.1, 0.15) is 17.1 Å². The van der Waals surface area contributed by atoms with E-state index in [9.17, 15) is 9.59 Å². The highest BCUT2D eigenvalue weighted by molar-refractivity contribution is 5.88. The number of aryl methyl sites for hydroxylation is 1. The Morgan fingerprint density at radius 1 is 1.45 bits per heavy atom. The summed E-state index contributed by atoms with van der Waals surface area (Å²) < 4.78 is 5.47. The molecule has 1 fully saturated rings. The molecule has 0 spiro atoms. The Balaban J connectivity index is 2.12. The lowest BCUT2D eigenvalue weighted by atomic mass is 10.2. The van der Waals surface area contributed by atoms with Crippen LogP contribution in [0.2, 0.25) is 0 Å². The predicted molar refractivity (Wildman–Crippen MR) is 72.3 cm³/mol. The number of hydrogen-bond acceptors (Lipinski definition) is 4. The molecule has 3 N–H and O–H groups in total. The van der Waals surface area contributed by atoms with E-state index in [-0.39, 0.29) is 18.0 Å². The largest absolute Gasteiger partial charge is 0.478 e. The molecule has 0 saturated heterocycles. The van der Waals surface area contributed by atoms with Crippen molar-refractivity contribution in [2.75, 3.05) is 6.54 Å². The van der Waals surface area contributed by atoms with Crippen molar-refractivity contribution < 1.29 is 19.1 Å². The second-order valence-electron chi connectivity index (χ2n) is 5.30. The lowest BCUT2D eigenvalue weighted by Crippen LogP contribution is -2.39. The van der Waals surface area contributed by atoms with Crippen molar-refractivity contribution in [1.29, 1.82) is 0 Å². The molecule has 0 unspecified atom stereocenters. The molecule has 1 aromatic heterocycles. The van der Waals surface area contributed by atoms with Gasteiger partial charge in [-0.3, -0.25) is 9.69 Å². The van der Waals surface area contributed by atoms with Crippen LogP contribution in [-0.2, 0) is 11.3 Å². The molecular weight excluding hydrogens is 260 g/mol. The Labute approximate surface area is 117 Å². The van der Waals surface area contributed by atoms with E-state index < -0.39 is 5.97 Å². The van der Waals surface area contributed by atoms with Crippen LogP contribution < -0.4 is 5.73 Å². The smallest absolute Gasteiger partial charge is 0.339 e. The van der Waals surface area contributed by atoms with Crippen LogP contribution in [0.3, 0.4) is 0 Å². The van der Waals surface area contributed by atoms with E-state index in [0.717, 1.165) is 25.7 Å². The van der Waals surface area contributed by atoms with Crippen molar-refractivity contribution in [2.45, 2.75) is 45.2 Å². The number of carboxylic acid groups (broad SMARTS) is 1. The maximum atomic E-state index is 11.2. The SMILES string of the molecule is Cc1oc(CN(CC(N)=O)C2CCCC2)cc1C(=O)O. The molecule has 0 bridgehead atoms. The highest BCUT2D eigenvalue weighted by Gasteiger charge is 2.25. The zero-order valence-corrected chi connectivity index (χ0v) is 11.6. The van der Waals surface area contributed by atoms with Crippen molar-refractivity contribution in [3.63, 3.8) is 0 Å². The molecule has 0 aromatic carbocycles. The molecule has 0 radical (unpaired) electrons. The van der Waals surface area contributed by atoms with E-state index in [2.05, 4.69) is 0 Å². The fraction of sp³-hybridized carbons (Fsp3) is 0.571. The average molecular weight is 280 g/mol. The second kappa shape index (κ2) is 6.09. The quantitative estimate of drug-likeness (QED) is 0.823. The third-order valence-electron chi connectivity index (χ3n) is 3.76. The fourth-order valence-electron chi connectivity index (χ4n) is 2.82. The molecule has 1 aliphatic carbocycles. The highest BCUT2D eigenvalue weighted by Crippen LogP contribution is 2.25. The molecule has 1 aromatic rings. The van der Waals surface area contributed by atoms with Crippen molar-refractivity contribution in [1.82, 2.24) is 4.90 Å². The first-order valence-corrected chi connectivity index (χ1v) is 6.82. The average Bonchev–Trinajstić information content (AvgIpc) is 2.96. The van der Waals surface area contributed by atoms with Gasteiger partial charge >= 0.3 is 5.97 Å². The Hall–Kier alpha value is -1.82. The van der Waals surface area contributed by atoms with Crippen LogP contribution in [0.1, 0.15) is 47.6 Å². The van der Waals surface area contributed by atoms with Crippen LogP contribution in [0.15, 0.2) is 10.5 Å². The van der Waals surface area contributed by atoms with Gasteiger partial charge in [0.15, 0.2) is 0 Å². The molecule has 1 heterocycles. The number of nitrogens with zero attached hydrogens (tertiary/aromatic N) is 1. The minimum Gasteiger partial charge on any atom is -0.478 e. The van der Waals surface area contributed by atoms with Crippen LogP contribution in [-0.4, -0.2) is 34.5 Å². The molecule has 2 rings (SSSR count). The summed E-state index contributed by atoms with van der Waals surface area (Å²) >= 11 is 0. The van der Waals surface area contributed by atoms with Gasteiger partial charge in [-0.05, 0) is 25.8 Å². The minimum atomic E-state index is -1.00. The number of hydrogen-bond donors (Lipinski definition) is 2. The molecule has 6 heteroatoms. The third kappa shape index (κ3) is 3.39. The summed E-state index contributed by atoms with van der Waals surface area (Å²) in [5, 5.41) is 9.02. The summed E-state index contributed by atoms with van der Waals surface area (Å²) in [5.41, 5.74) is 5.46. The summed E-state index contributed by atoms with van der Waals surface area (Å²) in [7, 11) is 0. The standard InChI is InChI=1S/C14H20N2O4/c1-9-12(14(18)19)6-11(20-9)7-16(8-13(15)17)10-4-2-3-5-10/h6,10H,2-5,7-8H2,1H3,(H2,15,17)(H,18,19). The number of carbonyl (C=O) groups is 2. The van der Waals surface area contributed by atoms with E-state index in [1.807, 2.05) is 4.90 Å². The van der Waals surface area contributed by atoms with Crippen molar-refractivity contribution >= 4 is 11.9 Å². The maximum absolute atomic E-state index is 11.2. The number of furan rings is 1. The highest BCUT2D eigenvalue weighted by atomic mass is 16.4. The zero-order chi connectivity index (χ0) is 14.7. The van der Waals surface area contributed by atoms with Gasteiger partial charge in [-0.15, -0.1) is 0 Å². The van der Waals surface area contributed by atoms with Crippen LogP contribution in [0, 0.1) is 6.92 Å². The first-order chi connectivity index (χ1) is 9.47. The Kier molecular flexibility index (Phi) is 4.44. The van der Waals surface area contributed by atoms with E-state index >= 15 is 0 Å². The van der Waals surface area contributed by atoms with E-state index in [1.165, 1.54) is 6.07 Å². The van der Waals surface area contributed by atoms with Gasteiger partial charge < -0.3 is 15.3 Å². The number of primary amides is 1. The van der Waals surface area contributed by atoms with Gasteiger partial charge in [-0.1, -0.05) is 12.8 Å². The van der Waals surface area contributed by atoms with Crippen LogP contribution in [0.25, 0.3) is 0 Å². The number of amides is 1. The molecular formula is C14H20N2O4. The van der Waals surface area contributed by atoms with Gasteiger partial charge in [-0.2, -0.15) is 0 Å². The lowest BCUT2D eigenvalue weighted by molar-refractivity contribution is -0.119. The topological polar surface area (TPSA) is 96.8 Å². The molecule has 1 amide bonds. The van der Waals surface area contributed by atoms with Gasteiger partial charge in [0.2, 0.25) is 5.91 Å². The molecule has 0 aliphatic heterocycles. The van der Waals surface area contributed by atoms with Gasteiger partial charge in [0.25, 0.3) is 0 Å². The molecule has 20 heavy (non-hydrogen) atoms. The molecule has 0 atom stereocenters. The van der Waals surface area contributed by atoms with E-state index in [1.54, 1.807) is 6.92 Å². The van der Waals surface area contributed by atoms with Gasteiger partial charge in [0.05, 0.1) is 13.1 Å². The summed E-state index contributed by atoms with van der Waals surface area (Å²) in [5.74, 6) is -0.426. The zero-order valence-electron chi connectivity index (χ0n) is 11.6. The minimum absolute atomic E-state index is 0.172. The van der Waals surface area contributed by atoms with Crippen LogP contribution >= 0.6 is 0 Å². The Morgan fingerprint density at radius 2 is 2.10 bits per heavy atom. The summed E-state index contributed by atoms with van der Waals surface area (Å²) in [6.45, 7) is 2.22. The second-order valence-corrected chi connectivity index (χ2v) is 5.30. The molecule has 110 valence electrons. The van der Waals surface area contributed by atoms with Gasteiger partial charge in [0, 0.05) is 6.04 Å².